The van der Waals surface area contributed by atoms with Gasteiger partial charge in [0, 0.05) is 31.0 Å². The number of hydrogen-bond acceptors (Lipinski definition) is 3. The van der Waals surface area contributed by atoms with Crippen LogP contribution in [0.2, 0.25) is 0 Å². The number of aromatic nitrogens is 1. The number of aryl methyl sites for hydroxylation is 2. The van der Waals surface area contributed by atoms with Crippen LogP contribution in [0.3, 0.4) is 0 Å². The minimum atomic E-state index is 0.552. The van der Waals surface area contributed by atoms with E-state index in [1.807, 2.05) is 19.9 Å². The van der Waals surface area contributed by atoms with E-state index in [0.717, 1.165) is 24.5 Å². The molecule has 3 nitrogen and oxygen atoms in total. The van der Waals surface area contributed by atoms with Crippen molar-refractivity contribution in [2.75, 3.05) is 13.6 Å². The Morgan fingerprint density at radius 3 is 2.75 bits per heavy atom. The molecular formula is C13H21N3. The van der Waals surface area contributed by atoms with Crippen molar-refractivity contribution in [1.29, 1.82) is 0 Å². The number of hydrogen-bond donors (Lipinski definition) is 1. The van der Waals surface area contributed by atoms with Gasteiger partial charge in [-0.1, -0.05) is 6.08 Å². The second-order valence-electron chi connectivity index (χ2n) is 4.18. The Bertz CT molecular complexity index is 372. The van der Waals surface area contributed by atoms with Crippen molar-refractivity contribution in [3.05, 3.63) is 41.2 Å². The van der Waals surface area contributed by atoms with Crippen LogP contribution < -0.4 is 5.73 Å². The van der Waals surface area contributed by atoms with Gasteiger partial charge in [0.25, 0.3) is 0 Å². The van der Waals surface area contributed by atoms with Crippen molar-refractivity contribution < 1.29 is 0 Å². The van der Waals surface area contributed by atoms with E-state index in [0.29, 0.717) is 6.54 Å². The molecule has 1 aromatic rings. The Hall–Kier alpha value is -1.19. The fraction of sp³-hybridized carbons (Fsp3) is 0.462. The van der Waals surface area contributed by atoms with Crippen LogP contribution in [-0.2, 0) is 13.1 Å². The molecule has 1 heterocycles. The predicted molar refractivity (Wildman–Crippen MR) is 68.1 cm³/mol. The standard InChI is InChI=1S/C13H21N3/c1-5-6-16(4)9-12-7-10(2)15-11(3)13(12)8-14/h5,7H,1,6,8-9,14H2,2-4H3. The summed E-state index contributed by atoms with van der Waals surface area (Å²) in [6.45, 7) is 10.1. The molecule has 1 rings (SSSR count). The quantitative estimate of drug-likeness (QED) is 0.767. The first kappa shape index (κ1) is 12.9. The van der Waals surface area contributed by atoms with E-state index in [1.54, 1.807) is 0 Å². The summed E-state index contributed by atoms with van der Waals surface area (Å²) in [6.07, 6.45) is 1.91. The summed E-state index contributed by atoms with van der Waals surface area (Å²) < 4.78 is 0. The minimum absolute atomic E-state index is 0.552. The number of rotatable bonds is 5. The summed E-state index contributed by atoms with van der Waals surface area (Å²) in [6, 6.07) is 2.12. The molecule has 3 heteroatoms. The van der Waals surface area contributed by atoms with E-state index in [4.69, 9.17) is 5.73 Å². The van der Waals surface area contributed by atoms with Crippen LogP contribution in [0.15, 0.2) is 18.7 Å². The molecule has 16 heavy (non-hydrogen) atoms. The lowest BCUT2D eigenvalue weighted by molar-refractivity contribution is 0.362. The second-order valence-corrected chi connectivity index (χ2v) is 4.18. The van der Waals surface area contributed by atoms with E-state index < -0.39 is 0 Å². The molecule has 0 fully saturated rings. The van der Waals surface area contributed by atoms with Crippen LogP contribution >= 0.6 is 0 Å². The molecule has 2 N–H and O–H groups in total. The van der Waals surface area contributed by atoms with Crippen molar-refractivity contribution in [3.63, 3.8) is 0 Å². The topological polar surface area (TPSA) is 42.2 Å². The summed E-state index contributed by atoms with van der Waals surface area (Å²) in [5, 5.41) is 0. The third-order valence-corrected chi connectivity index (χ3v) is 2.64. The van der Waals surface area contributed by atoms with Crippen molar-refractivity contribution in [1.82, 2.24) is 9.88 Å². The van der Waals surface area contributed by atoms with E-state index in [1.165, 1.54) is 11.1 Å². The molecule has 0 bridgehead atoms. The van der Waals surface area contributed by atoms with Gasteiger partial charge in [0.1, 0.15) is 0 Å². The van der Waals surface area contributed by atoms with Crippen LogP contribution in [0.4, 0.5) is 0 Å². The zero-order valence-electron chi connectivity index (χ0n) is 10.5. The predicted octanol–water partition coefficient (Wildman–Crippen LogP) is 1.77. The SMILES string of the molecule is C=CCN(C)Cc1cc(C)nc(C)c1CN. The average molecular weight is 219 g/mol. The zero-order valence-corrected chi connectivity index (χ0v) is 10.5. The Kier molecular flexibility index (Phi) is 4.65. The normalized spacial score (nSPS) is 10.8. The molecule has 1 aromatic heterocycles. The summed E-state index contributed by atoms with van der Waals surface area (Å²) >= 11 is 0. The molecule has 0 unspecified atom stereocenters. The molecule has 0 aliphatic carbocycles. The summed E-state index contributed by atoms with van der Waals surface area (Å²) in [4.78, 5) is 6.65. The van der Waals surface area contributed by atoms with Gasteiger partial charge < -0.3 is 5.73 Å². The fourth-order valence-corrected chi connectivity index (χ4v) is 1.93. The number of nitrogens with zero attached hydrogens (tertiary/aromatic N) is 2. The van der Waals surface area contributed by atoms with Gasteiger partial charge >= 0.3 is 0 Å². The Morgan fingerprint density at radius 1 is 1.50 bits per heavy atom. The Labute approximate surface area is 98.0 Å². The van der Waals surface area contributed by atoms with Gasteiger partial charge in [-0.2, -0.15) is 0 Å². The highest BCUT2D eigenvalue weighted by atomic mass is 15.1. The van der Waals surface area contributed by atoms with Gasteiger partial charge in [0.15, 0.2) is 0 Å². The zero-order chi connectivity index (χ0) is 12.1. The molecule has 0 radical (unpaired) electrons. The fourth-order valence-electron chi connectivity index (χ4n) is 1.93. The van der Waals surface area contributed by atoms with Crippen molar-refractivity contribution in [3.8, 4) is 0 Å². The van der Waals surface area contributed by atoms with Gasteiger partial charge in [-0.15, -0.1) is 6.58 Å². The Balaban J connectivity index is 2.97. The molecule has 0 saturated carbocycles. The van der Waals surface area contributed by atoms with Gasteiger partial charge in [0.05, 0.1) is 0 Å². The monoisotopic (exact) mass is 219 g/mol. The maximum Gasteiger partial charge on any atom is 0.0423 e. The van der Waals surface area contributed by atoms with Crippen molar-refractivity contribution in [2.45, 2.75) is 26.9 Å². The third kappa shape index (κ3) is 3.15. The highest BCUT2D eigenvalue weighted by molar-refractivity contribution is 5.32. The Morgan fingerprint density at radius 2 is 2.19 bits per heavy atom. The number of pyridine rings is 1. The van der Waals surface area contributed by atoms with E-state index in [9.17, 15) is 0 Å². The smallest absolute Gasteiger partial charge is 0.0423 e. The van der Waals surface area contributed by atoms with Crippen LogP contribution in [0.25, 0.3) is 0 Å². The lowest BCUT2D eigenvalue weighted by Crippen LogP contribution is -2.20. The lowest BCUT2D eigenvalue weighted by Gasteiger charge is -2.18. The maximum absolute atomic E-state index is 5.77. The van der Waals surface area contributed by atoms with Gasteiger partial charge in [-0.3, -0.25) is 9.88 Å². The van der Waals surface area contributed by atoms with Crippen LogP contribution in [-0.4, -0.2) is 23.5 Å². The van der Waals surface area contributed by atoms with Gasteiger partial charge in [0.2, 0.25) is 0 Å². The molecule has 0 aromatic carbocycles. The molecular weight excluding hydrogens is 198 g/mol. The van der Waals surface area contributed by atoms with Crippen molar-refractivity contribution in [2.24, 2.45) is 5.73 Å². The molecule has 0 atom stereocenters. The second kappa shape index (κ2) is 5.77. The molecule has 0 aliphatic heterocycles. The van der Waals surface area contributed by atoms with E-state index >= 15 is 0 Å². The van der Waals surface area contributed by atoms with E-state index in [2.05, 4.69) is 29.6 Å². The first-order valence-electron chi connectivity index (χ1n) is 5.54. The largest absolute Gasteiger partial charge is 0.326 e. The summed E-state index contributed by atoms with van der Waals surface area (Å²) in [5.41, 5.74) is 10.3. The van der Waals surface area contributed by atoms with Gasteiger partial charge in [-0.05, 0) is 38.1 Å². The summed E-state index contributed by atoms with van der Waals surface area (Å²) in [5.74, 6) is 0. The molecule has 88 valence electrons. The van der Waals surface area contributed by atoms with E-state index in [-0.39, 0.29) is 0 Å². The number of nitrogens with two attached hydrogens (primary N) is 1. The van der Waals surface area contributed by atoms with Crippen LogP contribution in [0, 0.1) is 13.8 Å². The number of likely N-dealkylation sites (N-methyl/N-ethyl adjacent to an activating group) is 1. The molecule has 0 amide bonds. The lowest BCUT2D eigenvalue weighted by atomic mass is 10.1. The highest BCUT2D eigenvalue weighted by Gasteiger charge is 2.08. The first-order chi connectivity index (χ1) is 7.58. The average Bonchev–Trinajstić information content (AvgIpc) is 2.17. The van der Waals surface area contributed by atoms with Crippen LogP contribution in [0.5, 0.6) is 0 Å². The van der Waals surface area contributed by atoms with Crippen molar-refractivity contribution >= 4 is 0 Å². The van der Waals surface area contributed by atoms with Gasteiger partial charge in [-0.25, -0.2) is 0 Å². The molecule has 0 saturated heterocycles. The minimum Gasteiger partial charge on any atom is -0.326 e. The van der Waals surface area contributed by atoms with Crippen LogP contribution in [0.1, 0.15) is 22.5 Å². The summed E-state index contributed by atoms with van der Waals surface area (Å²) in [7, 11) is 2.08. The molecule has 0 spiro atoms. The molecule has 0 aliphatic rings. The first-order valence-corrected chi connectivity index (χ1v) is 5.54. The maximum atomic E-state index is 5.77. The third-order valence-electron chi connectivity index (χ3n) is 2.64. The highest BCUT2D eigenvalue weighted by Crippen LogP contribution is 2.15.